The molecule has 0 fully saturated rings. The van der Waals surface area contributed by atoms with Crippen molar-refractivity contribution in [3.05, 3.63) is 23.0 Å². The smallest absolute Gasteiger partial charge is 0.253 e. The fourth-order valence-electron chi connectivity index (χ4n) is 1.04. The lowest BCUT2D eigenvalue weighted by atomic mass is 10.2. The SMILES string of the molecule is Cc1cc(C(=O)NCCO)c(C)nn1. The van der Waals surface area contributed by atoms with Crippen molar-refractivity contribution in [3.63, 3.8) is 0 Å². The van der Waals surface area contributed by atoms with Crippen molar-refractivity contribution >= 4 is 5.91 Å². The number of aliphatic hydroxyl groups is 1. The van der Waals surface area contributed by atoms with Gasteiger partial charge in [0.15, 0.2) is 0 Å². The fourth-order valence-corrected chi connectivity index (χ4v) is 1.04. The third-order valence-corrected chi connectivity index (χ3v) is 1.74. The first kappa shape index (κ1) is 10.6. The van der Waals surface area contributed by atoms with Gasteiger partial charge in [-0.25, -0.2) is 0 Å². The normalized spacial score (nSPS) is 9.93. The Kier molecular flexibility index (Phi) is 3.53. The van der Waals surface area contributed by atoms with Gasteiger partial charge in [0.1, 0.15) is 0 Å². The molecule has 0 spiro atoms. The molecule has 2 N–H and O–H groups in total. The van der Waals surface area contributed by atoms with E-state index in [1.807, 2.05) is 0 Å². The molecule has 14 heavy (non-hydrogen) atoms. The Morgan fingerprint density at radius 2 is 2.21 bits per heavy atom. The van der Waals surface area contributed by atoms with Gasteiger partial charge in [0.2, 0.25) is 0 Å². The van der Waals surface area contributed by atoms with Gasteiger partial charge < -0.3 is 10.4 Å². The van der Waals surface area contributed by atoms with E-state index in [0.29, 0.717) is 17.0 Å². The molecule has 1 rings (SSSR count). The summed E-state index contributed by atoms with van der Waals surface area (Å²) in [5.74, 6) is -0.227. The zero-order valence-electron chi connectivity index (χ0n) is 8.24. The van der Waals surface area contributed by atoms with Gasteiger partial charge in [0, 0.05) is 6.54 Å². The molecule has 0 aliphatic heterocycles. The lowest BCUT2D eigenvalue weighted by Crippen LogP contribution is -2.27. The topological polar surface area (TPSA) is 75.1 Å². The maximum Gasteiger partial charge on any atom is 0.253 e. The second-order valence-electron chi connectivity index (χ2n) is 2.96. The molecule has 0 aliphatic rings. The number of carbonyl (C=O) groups excluding carboxylic acids is 1. The van der Waals surface area contributed by atoms with Crippen LogP contribution in [0.2, 0.25) is 0 Å². The molecule has 0 unspecified atom stereocenters. The lowest BCUT2D eigenvalue weighted by molar-refractivity contribution is 0.0943. The molecule has 1 amide bonds. The predicted octanol–water partition coefficient (Wildman–Crippen LogP) is -0.184. The quantitative estimate of drug-likeness (QED) is 0.701. The van der Waals surface area contributed by atoms with E-state index in [9.17, 15) is 4.79 Å². The Bertz CT molecular complexity index is 339. The lowest BCUT2D eigenvalue weighted by Gasteiger charge is -2.05. The van der Waals surface area contributed by atoms with Gasteiger partial charge in [-0.15, -0.1) is 0 Å². The molecule has 0 saturated carbocycles. The minimum atomic E-state index is -0.227. The minimum absolute atomic E-state index is 0.0672. The molecule has 0 atom stereocenters. The monoisotopic (exact) mass is 195 g/mol. The summed E-state index contributed by atoms with van der Waals surface area (Å²) in [7, 11) is 0. The number of carbonyl (C=O) groups is 1. The highest BCUT2D eigenvalue weighted by Gasteiger charge is 2.09. The first-order valence-electron chi connectivity index (χ1n) is 4.35. The number of rotatable bonds is 3. The minimum Gasteiger partial charge on any atom is -0.395 e. The molecule has 0 saturated heterocycles. The molecule has 5 heteroatoms. The largest absolute Gasteiger partial charge is 0.395 e. The van der Waals surface area contributed by atoms with Gasteiger partial charge in [-0.3, -0.25) is 4.79 Å². The van der Waals surface area contributed by atoms with E-state index in [2.05, 4.69) is 15.5 Å². The van der Waals surface area contributed by atoms with Crippen LogP contribution in [0.3, 0.4) is 0 Å². The second kappa shape index (κ2) is 4.66. The molecule has 76 valence electrons. The highest BCUT2D eigenvalue weighted by Crippen LogP contribution is 2.04. The zero-order valence-corrected chi connectivity index (χ0v) is 8.24. The highest BCUT2D eigenvalue weighted by atomic mass is 16.3. The molecule has 1 heterocycles. The van der Waals surface area contributed by atoms with Crippen LogP contribution in [0.5, 0.6) is 0 Å². The van der Waals surface area contributed by atoms with Crippen LogP contribution < -0.4 is 5.32 Å². The van der Waals surface area contributed by atoms with E-state index in [0.717, 1.165) is 0 Å². The number of amides is 1. The summed E-state index contributed by atoms with van der Waals surface area (Å²) >= 11 is 0. The number of aromatic nitrogens is 2. The molecule has 1 aromatic heterocycles. The number of hydrogen-bond acceptors (Lipinski definition) is 4. The van der Waals surface area contributed by atoms with E-state index in [1.54, 1.807) is 19.9 Å². The first-order valence-corrected chi connectivity index (χ1v) is 4.35. The van der Waals surface area contributed by atoms with Crippen LogP contribution in [-0.2, 0) is 0 Å². The highest BCUT2D eigenvalue weighted by molar-refractivity contribution is 5.95. The van der Waals surface area contributed by atoms with Gasteiger partial charge >= 0.3 is 0 Å². The van der Waals surface area contributed by atoms with Crippen LogP contribution in [0.4, 0.5) is 0 Å². The van der Waals surface area contributed by atoms with Crippen LogP contribution in [0.1, 0.15) is 21.7 Å². The molecule has 0 aliphatic carbocycles. The standard InChI is InChI=1S/C9H13N3O2/c1-6-5-8(7(2)12-11-6)9(14)10-3-4-13/h5,13H,3-4H2,1-2H3,(H,10,14). The molecule has 0 aromatic carbocycles. The van der Waals surface area contributed by atoms with Crippen LogP contribution >= 0.6 is 0 Å². The number of aliphatic hydroxyl groups excluding tert-OH is 1. The van der Waals surface area contributed by atoms with Crippen LogP contribution in [-0.4, -0.2) is 34.4 Å². The fraction of sp³-hybridized carbons (Fsp3) is 0.444. The van der Waals surface area contributed by atoms with Crippen LogP contribution in [0.15, 0.2) is 6.07 Å². The predicted molar refractivity (Wildman–Crippen MR) is 50.9 cm³/mol. The maximum absolute atomic E-state index is 11.5. The van der Waals surface area contributed by atoms with E-state index in [-0.39, 0.29) is 19.1 Å². The molecule has 1 aromatic rings. The Morgan fingerprint density at radius 1 is 1.50 bits per heavy atom. The summed E-state index contributed by atoms with van der Waals surface area (Å²) in [5.41, 5.74) is 1.79. The van der Waals surface area contributed by atoms with Crippen molar-refractivity contribution in [2.24, 2.45) is 0 Å². The van der Waals surface area contributed by atoms with Gasteiger partial charge in [-0.2, -0.15) is 10.2 Å². The number of nitrogens with zero attached hydrogens (tertiary/aromatic N) is 2. The van der Waals surface area contributed by atoms with Crippen LogP contribution in [0, 0.1) is 13.8 Å². The Balaban J connectivity index is 2.83. The van der Waals surface area contributed by atoms with Crippen molar-refractivity contribution in [1.29, 1.82) is 0 Å². The van der Waals surface area contributed by atoms with E-state index in [1.165, 1.54) is 0 Å². The summed E-state index contributed by atoms with van der Waals surface area (Å²) in [6, 6.07) is 1.68. The van der Waals surface area contributed by atoms with Crippen molar-refractivity contribution < 1.29 is 9.90 Å². The average Bonchev–Trinajstić information content (AvgIpc) is 2.18. The summed E-state index contributed by atoms with van der Waals surface area (Å²) < 4.78 is 0. The maximum atomic E-state index is 11.5. The van der Waals surface area contributed by atoms with Crippen molar-refractivity contribution in [3.8, 4) is 0 Å². The zero-order chi connectivity index (χ0) is 10.6. The number of aryl methyl sites for hydroxylation is 2. The van der Waals surface area contributed by atoms with Crippen molar-refractivity contribution in [1.82, 2.24) is 15.5 Å². The Labute approximate surface area is 82.2 Å². The summed E-state index contributed by atoms with van der Waals surface area (Å²) in [4.78, 5) is 11.5. The summed E-state index contributed by atoms with van der Waals surface area (Å²) in [6.45, 7) is 3.68. The first-order chi connectivity index (χ1) is 6.65. The van der Waals surface area contributed by atoms with Crippen molar-refractivity contribution in [2.45, 2.75) is 13.8 Å². The van der Waals surface area contributed by atoms with Crippen LogP contribution in [0.25, 0.3) is 0 Å². The molecule has 0 bridgehead atoms. The summed E-state index contributed by atoms with van der Waals surface area (Å²) in [5, 5.41) is 18.8. The molecular weight excluding hydrogens is 182 g/mol. The summed E-state index contributed by atoms with van der Waals surface area (Å²) in [6.07, 6.45) is 0. The third kappa shape index (κ3) is 2.50. The Morgan fingerprint density at radius 3 is 2.86 bits per heavy atom. The molecular formula is C9H13N3O2. The van der Waals surface area contributed by atoms with Gasteiger partial charge in [0.25, 0.3) is 5.91 Å². The molecule has 5 nitrogen and oxygen atoms in total. The second-order valence-corrected chi connectivity index (χ2v) is 2.96. The van der Waals surface area contributed by atoms with Gasteiger partial charge in [-0.05, 0) is 19.9 Å². The number of hydrogen-bond donors (Lipinski definition) is 2. The average molecular weight is 195 g/mol. The van der Waals surface area contributed by atoms with E-state index >= 15 is 0 Å². The van der Waals surface area contributed by atoms with Gasteiger partial charge in [-0.1, -0.05) is 0 Å². The Hall–Kier alpha value is -1.49. The number of nitrogens with one attached hydrogen (secondary N) is 1. The van der Waals surface area contributed by atoms with E-state index < -0.39 is 0 Å². The van der Waals surface area contributed by atoms with Gasteiger partial charge in [0.05, 0.1) is 23.6 Å². The third-order valence-electron chi connectivity index (χ3n) is 1.74. The van der Waals surface area contributed by atoms with E-state index in [4.69, 9.17) is 5.11 Å². The molecule has 0 radical (unpaired) electrons. The van der Waals surface area contributed by atoms with Crippen molar-refractivity contribution in [2.75, 3.05) is 13.2 Å².